The summed E-state index contributed by atoms with van der Waals surface area (Å²) >= 11 is 0. The Morgan fingerprint density at radius 1 is 1.15 bits per heavy atom. The Morgan fingerprint density at radius 3 is 2.45 bits per heavy atom. The number of benzene rings is 1. The molecule has 1 aliphatic rings. The van der Waals surface area contributed by atoms with Crippen LogP contribution in [0.3, 0.4) is 0 Å². The van der Waals surface area contributed by atoms with Crippen LogP contribution >= 0.6 is 0 Å². The molecule has 0 saturated heterocycles. The Bertz CT molecular complexity index is 564. The minimum Gasteiger partial charge on any atom is -0.314 e. The molecule has 0 spiro atoms. The second kappa shape index (κ2) is 5.80. The molecule has 1 aromatic heterocycles. The van der Waals surface area contributed by atoms with Gasteiger partial charge in [-0.1, -0.05) is 24.3 Å². The zero-order valence-electron chi connectivity index (χ0n) is 12.4. The Hall–Kier alpha value is -1.61. The van der Waals surface area contributed by atoms with E-state index in [2.05, 4.69) is 52.4 Å². The lowest BCUT2D eigenvalue weighted by molar-refractivity contribution is 0.658. The van der Waals surface area contributed by atoms with Crippen molar-refractivity contribution in [3.8, 4) is 0 Å². The van der Waals surface area contributed by atoms with Gasteiger partial charge in [0.25, 0.3) is 0 Å². The summed E-state index contributed by atoms with van der Waals surface area (Å²) in [7, 11) is 0. The lowest BCUT2D eigenvalue weighted by atomic mass is 10.1. The van der Waals surface area contributed by atoms with E-state index in [1.165, 1.54) is 29.7 Å². The maximum Gasteiger partial charge on any atom is 0.0662 e. The van der Waals surface area contributed by atoms with Crippen molar-refractivity contribution in [2.75, 3.05) is 6.54 Å². The van der Waals surface area contributed by atoms with Gasteiger partial charge in [0.1, 0.15) is 0 Å². The van der Waals surface area contributed by atoms with Crippen LogP contribution in [-0.4, -0.2) is 22.4 Å². The van der Waals surface area contributed by atoms with Gasteiger partial charge in [0.05, 0.1) is 12.2 Å². The quantitative estimate of drug-likeness (QED) is 0.874. The molecule has 1 N–H and O–H groups in total. The first-order valence-corrected chi connectivity index (χ1v) is 7.53. The number of nitrogens with zero attached hydrogens (tertiary/aromatic N) is 2. The fourth-order valence-electron chi connectivity index (χ4n) is 2.53. The maximum atomic E-state index is 4.51. The van der Waals surface area contributed by atoms with Gasteiger partial charge in [-0.25, -0.2) is 0 Å². The highest BCUT2D eigenvalue weighted by atomic mass is 15.3. The molecule has 2 aromatic rings. The molecule has 106 valence electrons. The predicted molar refractivity (Wildman–Crippen MR) is 82.0 cm³/mol. The van der Waals surface area contributed by atoms with Gasteiger partial charge in [0, 0.05) is 11.7 Å². The fourth-order valence-corrected chi connectivity index (χ4v) is 2.53. The van der Waals surface area contributed by atoms with E-state index in [1.54, 1.807) is 0 Å². The molecular weight excluding hydrogens is 246 g/mol. The molecule has 0 amide bonds. The van der Waals surface area contributed by atoms with Crippen molar-refractivity contribution in [3.05, 3.63) is 52.8 Å². The van der Waals surface area contributed by atoms with Gasteiger partial charge in [0.2, 0.25) is 0 Å². The summed E-state index contributed by atoms with van der Waals surface area (Å²) in [5.74, 6) is 0. The fraction of sp³-hybridized carbons (Fsp3) is 0.471. The highest BCUT2D eigenvalue weighted by Gasteiger charge is 2.19. The third-order valence-corrected chi connectivity index (χ3v) is 3.88. The molecule has 0 atom stereocenters. The molecule has 3 heteroatoms. The van der Waals surface area contributed by atoms with Crippen molar-refractivity contribution in [1.29, 1.82) is 0 Å². The van der Waals surface area contributed by atoms with Gasteiger partial charge in [-0.2, -0.15) is 5.10 Å². The molecule has 1 heterocycles. The zero-order chi connectivity index (χ0) is 13.9. The summed E-state index contributed by atoms with van der Waals surface area (Å²) in [6.07, 6.45) is 3.85. The Labute approximate surface area is 121 Å². The normalized spacial score (nSPS) is 14.7. The van der Waals surface area contributed by atoms with Crippen LogP contribution in [0, 0.1) is 13.8 Å². The summed E-state index contributed by atoms with van der Waals surface area (Å²) in [5.41, 5.74) is 5.04. The number of nitrogens with one attached hydrogen (secondary N) is 1. The van der Waals surface area contributed by atoms with E-state index in [-0.39, 0.29) is 0 Å². The largest absolute Gasteiger partial charge is 0.314 e. The monoisotopic (exact) mass is 269 g/mol. The highest BCUT2D eigenvalue weighted by molar-refractivity contribution is 5.23. The van der Waals surface area contributed by atoms with Gasteiger partial charge in [-0.15, -0.1) is 0 Å². The van der Waals surface area contributed by atoms with Crippen molar-refractivity contribution in [3.63, 3.8) is 0 Å². The number of hydrogen-bond acceptors (Lipinski definition) is 2. The van der Waals surface area contributed by atoms with E-state index >= 15 is 0 Å². The predicted octanol–water partition coefficient (Wildman–Crippen LogP) is 2.84. The second-order valence-electron chi connectivity index (χ2n) is 5.88. The molecule has 0 bridgehead atoms. The summed E-state index contributed by atoms with van der Waals surface area (Å²) in [6, 6.07) is 11.9. The number of aryl methyl sites for hydroxylation is 2. The summed E-state index contributed by atoms with van der Waals surface area (Å²) < 4.78 is 2.07. The third kappa shape index (κ3) is 3.48. The maximum absolute atomic E-state index is 4.51. The van der Waals surface area contributed by atoms with Crippen molar-refractivity contribution in [2.24, 2.45) is 0 Å². The summed E-state index contributed by atoms with van der Waals surface area (Å²) in [4.78, 5) is 0. The van der Waals surface area contributed by atoms with E-state index in [0.29, 0.717) is 0 Å². The lowest BCUT2D eigenvalue weighted by Gasteiger charge is -2.07. The van der Waals surface area contributed by atoms with Gasteiger partial charge in [0.15, 0.2) is 0 Å². The standard InChI is InChI=1S/C17H23N3/c1-13-11-14(2)20(19-13)12-16-5-3-15(4-6-16)9-10-18-17-7-8-17/h3-6,11,17-18H,7-10,12H2,1-2H3. The molecule has 20 heavy (non-hydrogen) atoms. The summed E-state index contributed by atoms with van der Waals surface area (Å²) in [5, 5.41) is 8.07. The number of rotatable bonds is 6. The van der Waals surface area contributed by atoms with Crippen LogP contribution in [0.5, 0.6) is 0 Å². The van der Waals surface area contributed by atoms with E-state index in [1.807, 2.05) is 6.92 Å². The van der Waals surface area contributed by atoms with Crippen LogP contribution in [0.1, 0.15) is 35.4 Å². The van der Waals surface area contributed by atoms with Crippen LogP contribution < -0.4 is 5.32 Å². The molecule has 0 aliphatic heterocycles. The second-order valence-corrected chi connectivity index (χ2v) is 5.88. The highest BCUT2D eigenvalue weighted by Crippen LogP contribution is 2.18. The third-order valence-electron chi connectivity index (χ3n) is 3.88. The first kappa shape index (κ1) is 13.4. The zero-order valence-corrected chi connectivity index (χ0v) is 12.4. The SMILES string of the molecule is Cc1cc(C)n(Cc2ccc(CCNC3CC3)cc2)n1. The van der Waals surface area contributed by atoms with Crippen molar-refractivity contribution in [2.45, 2.75) is 45.7 Å². The smallest absolute Gasteiger partial charge is 0.0662 e. The van der Waals surface area contributed by atoms with Gasteiger partial charge in [-0.05, 0) is 56.8 Å². The van der Waals surface area contributed by atoms with E-state index in [9.17, 15) is 0 Å². The van der Waals surface area contributed by atoms with E-state index in [4.69, 9.17) is 0 Å². The number of aromatic nitrogens is 2. The van der Waals surface area contributed by atoms with E-state index < -0.39 is 0 Å². The summed E-state index contributed by atoms with van der Waals surface area (Å²) in [6.45, 7) is 6.11. The molecule has 3 nitrogen and oxygen atoms in total. The molecule has 0 unspecified atom stereocenters. The Morgan fingerprint density at radius 2 is 1.85 bits per heavy atom. The van der Waals surface area contributed by atoms with Crippen molar-refractivity contribution >= 4 is 0 Å². The van der Waals surface area contributed by atoms with Gasteiger partial charge in [-0.3, -0.25) is 4.68 Å². The molecule has 1 fully saturated rings. The Balaban J connectivity index is 1.56. The van der Waals surface area contributed by atoms with E-state index in [0.717, 1.165) is 31.2 Å². The Kier molecular flexibility index (Phi) is 3.88. The van der Waals surface area contributed by atoms with Crippen LogP contribution in [0.15, 0.2) is 30.3 Å². The average molecular weight is 269 g/mol. The van der Waals surface area contributed by atoms with Gasteiger partial charge < -0.3 is 5.32 Å². The van der Waals surface area contributed by atoms with Crippen molar-refractivity contribution < 1.29 is 0 Å². The molecule has 1 saturated carbocycles. The van der Waals surface area contributed by atoms with Crippen LogP contribution in [0.4, 0.5) is 0 Å². The van der Waals surface area contributed by atoms with Crippen LogP contribution in [0.25, 0.3) is 0 Å². The first-order valence-electron chi connectivity index (χ1n) is 7.53. The van der Waals surface area contributed by atoms with Crippen LogP contribution in [0.2, 0.25) is 0 Å². The first-order chi connectivity index (χ1) is 9.70. The van der Waals surface area contributed by atoms with Gasteiger partial charge >= 0.3 is 0 Å². The molecule has 1 aliphatic carbocycles. The molecule has 1 aromatic carbocycles. The molecule has 0 radical (unpaired) electrons. The average Bonchev–Trinajstić information content (AvgIpc) is 3.18. The topological polar surface area (TPSA) is 29.9 Å². The lowest BCUT2D eigenvalue weighted by Crippen LogP contribution is -2.19. The van der Waals surface area contributed by atoms with Crippen LogP contribution in [-0.2, 0) is 13.0 Å². The minimum atomic E-state index is 0.806. The molecular formula is C17H23N3. The molecule has 3 rings (SSSR count). The van der Waals surface area contributed by atoms with Crippen molar-refractivity contribution in [1.82, 2.24) is 15.1 Å². The number of hydrogen-bond donors (Lipinski definition) is 1. The minimum absolute atomic E-state index is 0.806.